The molecule has 1 heterocycles. The van der Waals surface area contributed by atoms with Crippen molar-refractivity contribution in [1.82, 2.24) is 5.32 Å². The van der Waals surface area contributed by atoms with Gasteiger partial charge < -0.3 is 15.4 Å². The second-order valence-electron chi connectivity index (χ2n) is 6.53. The lowest BCUT2D eigenvalue weighted by Crippen LogP contribution is -2.36. The van der Waals surface area contributed by atoms with E-state index in [0.29, 0.717) is 23.8 Å². The lowest BCUT2D eigenvalue weighted by molar-refractivity contribution is -0.114. The third-order valence-electron chi connectivity index (χ3n) is 4.21. The monoisotopic (exact) mass is 380 g/mol. The first-order chi connectivity index (χ1) is 13.6. The Bertz CT molecular complexity index is 828. The molecule has 7 nitrogen and oxygen atoms in total. The Morgan fingerprint density at radius 3 is 2.39 bits per heavy atom. The number of para-hydroxylation sites is 1. The standard InChI is InChI=1S/C21H24N4O3/c1-15(26)23-18-11-9-16(10-12-18)20(27)25-21(22-14-19-8-5-13-28-19)24-17-6-3-2-4-7-17/h2-4,6-7,9-12,19H,5,8,13-14H2,1H3,(H,23,26)(H2,22,24,25,27)/t19-/m0/s1. The molecule has 0 bridgehead atoms. The molecule has 3 rings (SSSR count). The summed E-state index contributed by atoms with van der Waals surface area (Å²) in [5, 5.41) is 8.64. The lowest BCUT2D eigenvalue weighted by atomic mass is 10.2. The van der Waals surface area contributed by atoms with Crippen LogP contribution in [0.5, 0.6) is 0 Å². The van der Waals surface area contributed by atoms with E-state index in [4.69, 9.17) is 4.74 Å². The number of carbonyl (C=O) groups excluding carboxylic acids is 2. The minimum atomic E-state index is -0.288. The van der Waals surface area contributed by atoms with Gasteiger partial charge >= 0.3 is 0 Å². The van der Waals surface area contributed by atoms with E-state index in [-0.39, 0.29) is 17.9 Å². The van der Waals surface area contributed by atoms with Crippen LogP contribution in [0, 0.1) is 0 Å². The molecular weight excluding hydrogens is 356 g/mol. The molecule has 1 fully saturated rings. The number of hydrogen-bond donors (Lipinski definition) is 3. The molecule has 0 unspecified atom stereocenters. The zero-order valence-electron chi connectivity index (χ0n) is 15.8. The van der Waals surface area contributed by atoms with Crippen LogP contribution in [-0.4, -0.2) is 37.0 Å². The van der Waals surface area contributed by atoms with Crippen molar-refractivity contribution in [2.45, 2.75) is 25.9 Å². The predicted molar refractivity (Wildman–Crippen MR) is 110 cm³/mol. The number of anilines is 2. The van der Waals surface area contributed by atoms with E-state index in [2.05, 4.69) is 20.9 Å². The maximum Gasteiger partial charge on any atom is 0.257 e. The smallest absolute Gasteiger partial charge is 0.257 e. The van der Waals surface area contributed by atoms with Crippen molar-refractivity contribution in [3.63, 3.8) is 0 Å². The van der Waals surface area contributed by atoms with Gasteiger partial charge in [0, 0.05) is 30.5 Å². The van der Waals surface area contributed by atoms with Crippen LogP contribution in [-0.2, 0) is 9.53 Å². The molecule has 0 spiro atoms. The summed E-state index contributed by atoms with van der Waals surface area (Å²) in [5.41, 5.74) is 1.93. The normalized spacial score (nSPS) is 16.5. The first-order valence-electron chi connectivity index (χ1n) is 9.27. The molecule has 0 saturated carbocycles. The third-order valence-corrected chi connectivity index (χ3v) is 4.21. The summed E-state index contributed by atoms with van der Waals surface area (Å²) in [6.45, 7) is 2.68. The number of carbonyl (C=O) groups is 2. The fourth-order valence-electron chi connectivity index (χ4n) is 2.84. The molecule has 2 aromatic carbocycles. The first-order valence-corrected chi connectivity index (χ1v) is 9.27. The van der Waals surface area contributed by atoms with Gasteiger partial charge in [0.25, 0.3) is 5.91 Å². The van der Waals surface area contributed by atoms with Crippen molar-refractivity contribution in [3.8, 4) is 0 Å². The Morgan fingerprint density at radius 1 is 1.04 bits per heavy atom. The van der Waals surface area contributed by atoms with Crippen LogP contribution in [0.4, 0.5) is 11.4 Å². The highest BCUT2D eigenvalue weighted by molar-refractivity contribution is 6.10. The minimum absolute atomic E-state index is 0.0846. The number of guanidine groups is 1. The van der Waals surface area contributed by atoms with Crippen molar-refractivity contribution in [3.05, 3.63) is 60.2 Å². The van der Waals surface area contributed by atoms with E-state index in [1.165, 1.54) is 6.92 Å². The molecule has 28 heavy (non-hydrogen) atoms. The van der Waals surface area contributed by atoms with Gasteiger partial charge in [0.05, 0.1) is 12.6 Å². The summed E-state index contributed by atoms with van der Waals surface area (Å²) in [7, 11) is 0. The van der Waals surface area contributed by atoms with Gasteiger partial charge in [0.1, 0.15) is 0 Å². The summed E-state index contributed by atoms with van der Waals surface area (Å²) in [4.78, 5) is 28.2. The molecule has 146 valence electrons. The van der Waals surface area contributed by atoms with Crippen LogP contribution in [0.15, 0.2) is 59.6 Å². The van der Waals surface area contributed by atoms with Crippen molar-refractivity contribution in [2.24, 2.45) is 4.99 Å². The highest BCUT2D eigenvalue weighted by atomic mass is 16.5. The van der Waals surface area contributed by atoms with Gasteiger partial charge in [-0.05, 0) is 49.2 Å². The van der Waals surface area contributed by atoms with E-state index in [1.54, 1.807) is 24.3 Å². The van der Waals surface area contributed by atoms with Crippen LogP contribution in [0.2, 0.25) is 0 Å². The Morgan fingerprint density at radius 2 is 1.75 bits per heavy atom. The molecule has 2 amide bonds. The first kappa shape index (κ1) is 19.6. The Kier molecular flexibility index (Phi) is 6.75. The molecule has 1 aliphatic rings. The van der Waals surface area contributed by atoms with E-state index in [1.807, 2.05) is 30.3 Å². The van der Waals surface area contributed by atoms with Crippen molar-refractivity contribution >= 4 is 29.1 Å². The molecule has 0 radical (unpaired) electrons. The maximum atomic E-state index is 12.6. The largest absolute Gasteiger partial charge is 0.376 e. The number of nitrogens with one attached hydrogen (secondary N) is 3. The number of benzene rings is 2. The molecule has 1 aliphatic heterocycles. The number of ether oxygens (including phenoxy) is 1. The molecule has 1 saturated heterocycles. The van der Waals surface area contributed by atoms with Crippen LogP contribution in [0.25, 0.3) is 0 Å². The van der Waals surface area contributed by atoms with Gasteiger partial charge in [0.2, 0.25) is 11.9 Å². The number of nitrogens with zero attached hydrogens (tertiary/aromatic N) is 1. The van der Waals surface area contributed by atoms with Crippen molar-refractivity contribution < 1.29 is 14.3 Å². The highest BCUT2D eigenvalue weighted by Gasteiger charge is 2.16. The summed E-state index contributed by atoms with van der Waals surface area (Å²) in [6, 6.07) is 16.2. The summed E-state index contributed by atoms with van der Waals surface area (Å²) >= 11 is 0. The molecule has 2 aromatic rings. The second kappa shape index (κ2) is 9.66. The fraction of sp³-hybridized carbons (Fsp3) is 0.286. The lowest BCUT2D eigenvalue weighted by Gasteiger charge is -2.13. The quantitative estimate of drug-likeness (QED) is 0.549. The number of rotatable bonds is 5. The molecule has 7 heteroatoms. The topological polar surface area (TPSA) is 91.8 Å². The van der Waals surface area contributed by atoms with E-state index in [9.17, 15) is 9.59 Å². The van der Waals surface area contributed by atoms with E-state index in [0.717, 1.165) is 25.1 Å². The maximum absolute atomic E-state index is 12.6. The average Bonchev–Trinajstić information content (AvgIpc) is 3.20. The second-order valence-corrected chi connectivity index (χ2v) is 6.53. The van der Waals surface area contributed by atoms with Crippen LogP contribution < -0.4 is 16.0 Å². The predicted octanol–water partition coefficient (Wildman–Crippen LogP) is 3.02. The highest BCUT2D eigenvalue weighted by Crippen LogP contribution is 2.13. The minimum Gasteiger partial charge on any atom is -0.376 e. The zero-order chi connectivity index (χ0) is 19.8. The third kappa shape index (κ3) is 5.92. The van der Waals surface area contributed by atoms with Crippen LogP contribution in [0.1, 0.15) is 30.1 Å². The number of hydrogen-bond acceptors (Lipinski definition) is 4. The van der Waals surface area contributed by atoms with Gasteiger partial charge in [-0.1, -0.05) is 18.2 Å². The molecule has 3 N–H and O–H groups in total. The Labute approximate surface area is 164 Å². The van der Waals surface area contributed by atoms with Crippen LogP contribution >= 0.6 is 0 Å². The van der Waals surface area contributed by atoms with E-state index < -0.39 is 0 Å². The summed E-state index contributed by atoms with van der Waals surface area (Å²) in [6.07, 6.45) is 2.09. The Hall–Kier alpha value is -3.19. The SMILES string of the molecule is CC(=O)Nc1ccc(C(=O)NC(=NC[C@@H]2CCCO2)Nc2ccccc2)cc1. The average molecular weight is 380 g/mol. The van der Waals surface area contributed by atoms with Gasteiger partial charge in [-0.3, -0.25) is 14.9 Å². The molecule has 0 aliphatic carbocycles. The van der Waals surface area contributed by atoms with Crippen molar-refractivity contribution in [1.29, 1.82) is 0 Å². The molecule has 0 aromatic heterocycles. The van der Waals surface area contributed by atoms with E-state index >= 15 is 0 Å². The number of amides is 2. The molecule has 1 atom stereocenters. The van der Waals surface area contributed by atoms with Gasteiger partial charge in [-0.25, -0.2) is 4.99 Å². The van der Waals surface area contributed by atoms with Gasteiger partial charge in [-0.2, -0.15) is 0 Å². The fourth-order valence-corrected chi connectivity index (χ4v) is 2.84. The van der Waals surface area contributed by atoms with Crippen molar-refractivity contribution in [2.75, 3.05) is 23.8 Å². The molecular formula is C21H24N4O3. The zero-order valence-corrected chi connectivity index (χ0v) is 15.8. The Balaban J connectivity index is 1.69. The number of aliphatic imine (C=N–C) groups is 1. The summed E-state index contributed by atoms with van der Waals surface area (Å²) < 4.78 is 5.61. The summed E-state index contributed by atoms with van der Waals surface area (Å²) in [5.74, 6) is -0.0747. The van der Waals surface area contributed by atoms with Crippen LogP contribution in [0.3, 0.4) is 0 Å². The van der Waals surface area contributed by atoms with Gasteiger partial charge in [-0.15, -0.1) is 0 Å². The van der Waals surface area contributed by atoms with Gasteiger partial charge in [0.15, 0.2) is 0 Å².